The zero-order valence-corrected chi connectivity index (χ0v) is 10.9. The first-order chi connectivity index (χ1) is 9.28. The minimum absolute atomic E-state index is 0.297. The quantitative estimate of drug-likeness (QED) is 0.672. The van der Waals surface area contributed by atoms with Gasteiger partial charge in [-0.05, 0) is 24.3 Å². The number of hydrogen-bond acceptors (Lipinski definition) is 4. The summed E-state index contributed by atoms with van der Waals surface area (Å²) in [6.07, 6.45) is 0. The number of ether oxygens (including phenoxy) is 1. The number of pyridine rings is 1. The lowest BCUT2D eigenvalue weighted by Gasteiger charge is -2.08. The van der Waals surface area contributed by atoms with Crippen LogP contribution in [0.15, 0.2) is 42.5 Å². The molecule has 0 aliphatic heterocycles. The Morgan fingerprint density at radius 3 is 2.79 bits per heavy atom. The number of halogens is 1. The Hall–Kier alpha value is -2.25. The van der Waals surface area contributed by atoms with Gasteiger partial charge in [-0.15, -0.1) is 0 Å². The van der Waals surface area contributed by atoms with Crippen LogP contribution in [0, 0.1) is 11.3 Å². The van der Waals surface area contributed by atoms with Crippen molar-refractivity contribution in [3.05, 3.63) is 53.2 Å². The monoisotopic (exact) mass is 273 g/mol. The summed E-state index contributed by atoms with van der Waals surface area (Å²) in [5.74, 6) is 1.39. The fourth-order valence-electron chi connectivity index (χ4n) is 1.52. The van der Waals surface area contributed by atoms with Gasteiger partial charge in [-0.25, -0.2) is 4.98 Å². The number of anilines is 1. The van der Waals surface area contributed by atoms with Crippen LogP contribution in [0.1, 0.15) is 5.56 Å². The van der Waals surface area contributed by atoms with E-state index in [1.807, 2.05) is 36.4 Å². The number of rotatable bonds is 5. The predicted octanol–water partition coefficient (Wildman–Crippen LogP) is 3.10. The number of nitrogens with zero attached hydrogens (tertiary/aromatic N) is 2. The van der Waals surface area contributed by atoms with Gasteiger partial charge in [-0.3, -0.25) is 0 Å². The smallest absolute Gasteiger partial charge is 0.132 e. The van der Waals surface area contributed by atoms with Crippen molar-refractivity contribution in [3.63, 3.8) is 0 Å². The van der Waals surface area contributed by atoms with Crippen LogP contribution < -0.4 is 10.1 Å². The zero-order chi connectivity index (χ0) is 13.5. The summed E-state index contributed by atoms with van der Waals surface area (Å²) in [6.45, 7) is 1.08. The molecule has 0 unspecified atom stereocenters. The van der Waals surface area contributed by atoms with Crippen molar-refractivity contribution in [2.24, 2.45) is 0 Å². The molecule has 1 aromatic heterocycles. The van der Waals surface area contributed by atoms with Crippen molar-refractivity contribution in [2.75, 3.05) is 18.5 Å². The Morgan fingerprint density at radius 1 is 1.26 bits per heavy atom. The molecule has 2 aromatic rings. The minimum atomic E-state index is 0.297. The zero-order valence-electron chi connectivity index (χ0n) is 10.1. The van der Waals surface area contributed by atoms with Crippen LogP contribution in [0.2, 0.25) is 5.15 Å². The number of nitriles is 1. The molecule has 0 fully saturated rings. The second-order valence-electron chi connectivity index (χ2n) is 3.76. The van der Waals surface area contributed by atoms with E-state index in [-0.39, 0.29) is 0 Å². The average molecular weight is 274 g/mol. The van der Waals surface area contributed by atoms with Crippen LogP contribution in [-0.4, -0.2) is 18.1 Å². The van der Waals surface area contributed by atoms with Gasteiger partial charge < -0.3 is 10.1 Å². The molecule has 0 radical (unpaired) electrons. The molecule has 1 aromatic carbocycles. The largest absolute Gasteiger partial charge is 0.492 e. The van der Waals surface area contributed by atoms with Gasteiger partial charge in [0, 0.05) is 0 Å². The van der Waals surface area contributed by atoms with Crippen LogP contribution >= 0.6 is 11.6 Å². The molecule has 0 atom stereocenters. The predicted molar refractivity (Wildman–Crippen MR) is 74.4 cm³/mol. The second-order valence-corrected chi connectivity index (χ2v) is 4.15. The van der Waals surface area contributed by atoms with Gasteiger partial charge in [0.25, 0.3) is 0 Å². The number of nitrogens with one attached hydrogen (secondary N) is 1. The molecule has 19 heavy (non-hydrogen) atoms. The highest BCUT2D eigenvalue weighted by molar-refractivity contribution is 6.29. The molecule has 96 valence electrons. The summed E-state index contributed by atoms with van der Waals surface area (Å²) in [6, 6.07) is 14.8. The number of hydrogen-bond donors (Lipinski definition) is 1. The van der Waals surface area contributed by atoms with Crippen molar-refractivity contribution in [2.45, 2.75) is 0 Å². The molecule has 1 N–H and O–H groups in total. The highest BCUT2D eigenvalue weighted by Crippen LogP contribution is 2.13. The standard InChI is InChI=1S/C14H12ClN3O/c15-13-8-11(10-16)9-14(18-13)17-6-7-19-12-4-2-1-3-5-12/h1-5,8-9H,6-7H2,(H,17,18). The summed E-state index contributed by atoms with van der Waals surface area (Å²) in [5, 5.41) is 12.2. The van der Waals surface area contributed by atoms with Gasteiger partial charge in [0.1, 0.15) is 23.3 Å². The fraction of sp³-hybridized carbons (Fsp3) is 0.143. The minimum Gasteiger partial charge on any atom is -0.492 e. The Morgan fingerprint density at radius 2 is 2.05 bits per heavy atom. The van der Waals surface area contributed by atoms with E-state index in [4.69, 9.17) is 21.6 Å². The number of benzene rings is 1. The maximum absolute atomic E-state index is 8.82. The first kappa shape index (κ1) is 13.2. The normalized spacial score (nSPS) is 9.68. The molecule has 0 aliphatic rings. The Balaban J connectivity index is 1.83. The Labute approximate surface area is 116 Å². The summed E-state index contributed by atoms with van der Waals surface area (Å²) in [5.41, 5.74) is 0.478. The van der Waals surface area contributed by atoms with Crippen LogP contribution in [0.5, 0.6) is 5.75 Å². The van der Waals surface area contributed by atoms with Gasteiger partial charge in [0.15, 0.2) is 0 Å². The third-order valence-corrected chi connectivity index (χ3v) is 2.54. The highest BCUT2D eigenvalue weighted by atomic mass is 35.5. The van der Waals surface area contributed by atoms with E-state index in [0.29, 0.717) is 29.7 Å². The van der Waals surface area contributed by atoms with E-state index in [2.05, 4.69) is 10.3 Å². The summed E-state index contributed by atoms with van der Waals surface area (Å²) < 4.78 is 5.53. The maximum Gasteiger partial charge on any atom is 0.132 e. The van der Waals surface area contributed by atoms with Crippen LogP contribution in [0.3, 0.4) is 0 Å². The summed E-state index contributed by atoms with van der Waals surface area (Å²) >= 11 is 5.80. The maximum atomic E-state index is 8.82. The van der Waals surface area contributed by atoms with Crippen LogP contribution in [-0.2, 0) is 0 Å². The molecule has 0 aliphatic carbocycles. The van der Waals surface area contributed by atoms with Gasteiger partial charge in [-0.2, -0.15) is 5.26 Å². The molecular weight excluding hydrogens is 262 g/mol. The van der Waals surface area contributed by atoms with Crippen LogP contribution in [0.25, 0.3) is 0 Å². The van der Waals surface area contributed by atoms with Crippen molar-refractivity contribution in [1.82, 2.24) is 4.98 Å². The number of aromatic nitrogens is 1. The molecule has 0 amide bonds. The van der Waals surface area contributed by atoms with Gasteiger partial charge in [0.05, 0.1) is 18.2 Å². The van der Waals surface area contributed by atoms with E-state index in [1.54, 1.807) is 6.07 Å². The van der Waals surface area contributed by atoms with Gasteiger partial charge in [0.2, 0.25) is 0 Å². The SMILES string of the molecule is N#Cc1cc(Cl)nc(NCCOc2ccccc2)c1. The highest BCUT2D eigenvalue weighted by Gasteiger charge is 2.00. The molecule has 1 heterocycles. The second kappa shape index (κ2) is 6.62. The molecule has 0 bridgehead atoms. The first-order valence-corrected chi connectivity index (χ1v) is 6.15. The lowest BCUT2D eigenvalue weighted by Crippen LogP contribution is -2.12. The van der Waals surface area contributed by atoms with Gasteiger partial charge in [-0.1, -0.05) is 29.8 Å². The fourth-order valence-corrected chi connectivity index (χ4v) is 1.73. The van der Waals surface area contributed by atoms with Crippen molar-refractivity contribution in [3.8, 4) is 11.8 Å². The van der Waals surface area contributed by atoms with E-state index in [9.17, 15) is 0 Å². The van der Waals surface area contributed by atoms with E-state index in [1.165, 1.54) is 6.07 Å². The molecular formula is C14H12ClN3O. The molecule has 2 rings (SSSR count). The molecule has 0 saturated heterocycles. The van der Waals surface area contributed by atoms with E-state index in [0.717, 1.165) is 5.75 Å². The lowest BCUT2D eigenvalue weighted by molar-refractivity contribution is 0.333. The van der Waals surface area contributed by atoms with Crippen molar-refractivity contribution in [1.29, 1.82) is 5.26 Å². The lowest BCUT2D eigenvalue weighted by atomic mass is 10.3. The molecule has 0 saturated carbocycles. The average Bonchev–Trinajstić information content (AvgIpc) is 2.44. The van der Waals surface area contributed by atoms with E-state index < -0.39 is 0 Å². The van der Waals surface area contributed by atoms with E-state index >= 15 is 0 Å². The summed E-state index contributed by atoms with van der Waals surface area (Å²) in [7, 11) is 0. The van der Waals surface area contributed by atoms with Gasteiger partial charge >= 0.3 is 0 Å². The molecule has 0 spiro atoms. The molecule has 4 nitrogen and oxygen atoms in total. The number of para-hydroxylation sites is 1. The Bertz CT molecular complexity index is 581. The van der Waals surface area contributed by atoms with Crippen molar-refractivity contribution < 1.29 is 4.74 Å². The third kappa shape index (κ3) is 4.16. The van der Waals surface area contributed by atoms with Crippen molar-refractivity contribution >= 4 is 17.4 Å². The molecule has 5 heteroatoms. The third-order valence-electron chi connectivity index (χ3n) is 2.34. The first-order valence-electron chi connectivity index (χ1n) is 5.77. The Kier molecular flexibility index (Phi) is 4.60. The summed E-state index contributed by atoms with van der Waals surface area (Å²) in [4.78, 5) is 4.07. The topological polar surface area (TPSA) is 57.9 Å². The van der Waals surface area contributed by atoms with Crippen LogP contribution in [0.4, 0.5) is 5.82 Å².